The predicted molar refractivity (Wildman–Crippen MR) is 102 cm³/mol. The summed E-state index contributed by atoms with van der Waals surface area (Å²) in [5.41, 5.74) is 1.12. The summed E-state index contributed by atoms with van der Waals surface area (Å²) in [5, 5.41) is 5.68. The lowest BCUT2D eigenvalue weighted by Crippen LogP contribution is -2.24. The number of hydrogen-bond donors (Lipinski definition) is 2. The van der Waals surface area contributed by atoms with Crippen LogP contribution in [0.2, 0.25) is 0 Å². The van der Waals surface area contributed by atoms with Crippen LogP contribution in [0.5, 0.6) is 0 Å². The lowest BCUT2D eigenvalue weighted by molar-refractivity contribution is -0.120. The average Bonchev–Trinajstić information content (AvgIpc) is 2.64. The van der Waals surface area contributed by atoms with Crippen LogP contribution in [-0.2, 0) is 4.79 Å². The number of benzene rings is 1. The molecule has 1 aromatic carbocycles. The first-order chi connectivity index (χ1) is 12.1. The van der Waals surface area contributed by atoms with Gasteiger partial charge in [0, 0.05) is 27.8 Å². The first kappa shape index (κ1) is 17.6. The monoisotopic (exact) mass is 401 g/mol. The highest BCUT2D eigenvalue weighted by Crippen LogP contribution is 2.25. The number of carbonyl (C=O) groups is 2. The third kappa shape index (κ3) is 4.89. The number of amides is 2. The average molecular weight is 402 g/mol. The van der Waals surface area contributed by atoms with Crippen LogP contribution in [0.25, 0.3) is 0 Å². The standard InChI is InChI=1S/C19H20BrN3O2/c20-15-9-10-17(21-12-15)23-19(25)14-7-4-8-16(11-14)22-18(24)13-5-2-1-3-6-13/h4,7-13H,1-3,5-6H2,(H,22,24)(H,21,23,25). The predicted octanol–water partition coefficient (Wildman–Crippen LogP) is 4.62. The number of halogens is 1. The van der Waals surface area contributed by atoms with Gasteiger partial charge >= 0.3 is 0 Å². The molecule has 5 nitrogen and oxygen atoms in total. The fourth-order valence-corrected chi connectivity index (χ4v) is 3.22. The van der Waals surface area contributed by atoms with E-state index >= 15 is 0 Å². The molecule has 1 heterocycles. The molecule has 0 unspecified atom stereocenters. The second kappa shape index (κ2) is 8.25. The minimum absolute atomic E-state index is 0.0480. The number of aromatic nitrogens is 1. The van der Waals surface area contributed by atoms with Crippen molar-refractivity contribution in [3.63, 3.8) is 0 Å². The van der Waals surface area contributed by atoms with Crippen LogP contribution in [0.1, 0.15) is 42.5 Å². The van der Waals surface area contributed by atoms with Gasteiger partial charge in [0.25, 0.3) is 5.91 Å². The first-order valence-corrected chi connectivity index (χ1v) is 9.25. The summed E-state index contributed by atoms with van der Waals surface area (Å²) in [4.78, 5) is 28.8. The van der Waals surface area contributed by atoms with Gasteiger partial charge < -0.3 is 10.6 Å². The summed E-state index contributed by atoms with van der Waals surface area (Å²) in [6, 6.07) is 10.5. The number of nitrogens with zero attached hydrogens (tertiary/aromatic N) is 1. The third-order valence-corrected chi connectivity index (χ3v) is 4.81. The van der Waals surface area contributed by atoms with Crippen molar-refractivity contribution in [1.82, 2.24) is 4.98 Å². The Morgan fingerprint density at radius 3 is 2.56 bits per heavy atom. The minimum Gasteiger partial charge on any atom is -0.326 e. The van der Waals surface area contributed by atoms with Crippen LogP contribution in [0.3, 0.4) is 0 Å². The van der Waals surface area contributed by atoms with Gasteiger partial charge in [-0.1, -0.05) is 25.3 Å². The highest BCUT2D eigenvalue weighted by Gasteiger charge is 2.21. The van der Waals surface area contributed by atoms with E-state index in [4.69, 9.17) is 0 Å². The highest BCUT2D eigenvalue weighted by atomic mass is 79.9. The molecule has 1 aromatic heterocycles. The van der Waals surface area contributed by atoms with Crippen LogP contribution in [0.4, 0.5) is 11.5 Å². The maximum Gasteiger partial charge on any atom is 0.256 e. The number of anilines is 2. The molecule has 2 aromatic rings. The quantitative estimate of drug-likeness (QED) is 0.784. The molecule has 1 aliphatic rings. The SMILES string of the molecule is O=C(Nc1ccc(Br)cn1)c1cccc(NC(=O)C2CCCCC2)c1. The fourth-order valence-electron chi connectivity index (χ4n) is 2.99. The number of rotatable bonds is 4. The van der Waals surface area contributed by atoms with E-state index in [-0.39, 0.29) is 17.7 Å². The fraction of sp³-hybridized carbons (Fsp3) is 0.316. The topological polar surface area (TPSA) is 71.1 Å². The van der Waals surface area contributed by atoms with Gasteiger partial charge in [0.05, 0.1) is 0 Å². The summed E-state index contributed by atoms with van der Waals surface area (Å²) in [5.74, 6) is 0.346. The van der Waals surface area contributed by atoms with E-state index < -0.39 is 0 Å². The van der Waals surface area contributed by atoms with Crippen molar-refractivity contribution >= 4 is 39.2 Å². The van der Waals surface area contributed by atoms with Crippen LogP contribution in [0, 0.1) is 5.92 Å². The molecule has 0 radical (unpaired) electrons. The van der Waals surface area contributed by atoms with E-state index in [0.717, 1.165) is 30.2 Å². The summed E-state index contributed by atoms with van der Waals surface area (Å²) in [6.07, 6.45) is 6.95. The number of pyridine rings is 1. The van der Waals surface area contributed by atoms with Crippen LogP contribution in [-0.4, -0.2) is 16.8 Å². The van der Waals surface area contributed by atoms with Gasteiger partial charge in [-0.15, -0.1) is 0 Å². The van der Waals surface area contributed by atoms with Gasteiger partial charge in [-0.05, 0) is 59.1 Å². The molecule has 130 valence electrons. The molecule has 3 rings (SSSR count). The lowest BCUT2D eigenvalue weighted by atomic mass is 9.88. The molecule has 0 bridgehead atoms. The van der Waals surface area contributed by atoms with Crippen molar-refractivity contribution < 1.29 is 9.59 Å². The van der Waals surface area contributed by atoms with Crippen molar-refractivity contribution in [2.75, 3.05) is 10.6 Å². The van der Waals surface area contributed by atoms with Gasteiger partial charge in [0.1, 0.15) is 5.82 Å². The van der Waals surface area contributed by atoms with Crippen molar-refractivity contribution in [2.24, 2.45) is 5.92 Å². The Kier molecular flexibility index (Phi) is 5.81. The van der Waals surface area contributed by atoms with Gasteiger partial charge in [-0.3, -0.25) is 9.59 Å². The normalized spacial score (nSPS) is 14.8. The maximum atomic E-state index is 12.4. The molecule has 0 saturated heterocycles. The van der Waals surface area contributed by atoms with Crippen molar-refractivity contribution in [3.05, 3.63) is 52.6 Å². The summed E-state index contributed by atoms with van der Waals surface area (Å²) in [6.45, 7) is 0. The first-order valence-electron chi connectivity index (χ1n) is 8.45. The maximum absolute atomic E-state index is 12.4. The Morgan fingerprint density at radius 1 is 1.04 bits per heavy atom. The zero-order chi connectivity index (χ0) is 17.6. The molecular weight excluding hydrogens is 382 g/mol. The van der Waals surface area contributed by atoms with Crippen molar-refractivity contribution in [2.45, 2.75) is 32.1 Å². The second-order valence-electron chi connectivity index (χ2n) is 6.22. The van der Waals surface area contributed by atoms with E-state index in [1.807, 2.05) is 6.07 Å². The van der Waals surface area contributed by atoms with Gasteiger partial charge in [-0.25, -0.2) is 4.98 Å². The molecule has 0 aliphatic heterocycles. The van der Waals surface area contributed by atoms with E-state index in [0.29, 0.717) is 17.1 Å². The summed E-state index contributed by atoms with van der Waals surface area (Å²) in [7, 11) is 0. The van der Waals surface area contributed by atoms with Crippen LogP contribution in [0.15, 0.2) is 47.1 Å². The molecule has 2 amide bonds. The summed E-state index contributed by atoms with van der Waals surface area (Å²) < 4.78 is 0.845. The molecule has 2 N–H and O–H groups in total. The molecule has 25 heavy (non-hydrogen) atoms. The lowest BCUT2D eigenvalue weighted by Gasteiger charge is -2.20. The largest absolute Gasteiger partial charge is 0.326 e. The van der Waals surface area contributed by atoms with Gasteiger partial charge in [0.2, 0.25) is 5.91 Å². The van der Waals surface area contributed by atoms with E-state index in [9.17, 15) is 9.59 Å². The Morgan fingerprint density at radius 2 is 1.84 bits per heavy atom. The van der Waals surface area contributed by atoms with Crippen molar-refractivity contribution in [1.29, 1.82) is 0 Å². The Bertz CT molecular complexity index is 756. The molecule has 1 fully saturated rings. The minimum atomic E-state index is -0.261. The van der Waals surface area contributed by atoms with E-state index in [1.54, 1.807) is 36.5 Å². The van der Waals surface area contributed by atoms with Crippen molar-refractivity contribution in [3.8, 4) is 0 Å². The molecule has 1 saturated carbocycles. The zero-order valence-electron chi connectivity index (χ0n) is 13.8. The molecular formula is C19H20BrN3O2. The van der Waals surface area contributed by atoms with Crippen LogP contribution >= 0.6 is 15.9 Å². The molecule has 1 aliphatic carbocycles. The summed E-state index contributed by atoms with van der Waals surface area (Å²) >= 11 is 3.31. The molecule has 0 spiro atoms. The zero-order valence-corrected chi connectivity index (χ0v) is 15.4. The van der Waals surface area contributed by atoms with Crippen LogP contribution < -0.4 is 10.6 Å². The van der Waals surface area contributed by atoms with E-state index in [2.05, 4.69) is 31.5 Å². The van der Waals surface area contributed by atoms with E-state index in [1.165, 1.54) is 6.42 Å². The Hall–Kier alpha value is -2.21. The number of hydrogen-bond acceptors (Lipinski definition) is 3. The Labute approximate surface area is 155 Å². The molecule has 6 heteroatoms. The Balaban J connectivity index is 1.64. The highest BCUT2D eigenvalue weighted by molar-refractivity contribution is 9.10. The molecule has 0 atom stereocenters. The smallest absolute Gasteiger partial charge is 0.256 e. The number of carbonyl (C=O) groups excluding carboxylic acids is 2. The third-order valence-electron chi connectivity index (χ3n) is 4.34. The number of nitrogens with one attached hydrogen (secondary N) is 2. The van der Waals surface area contributed by atoms with Gasteiger partial charge in [0.15, 0.2) is 0 Å². The second-order valence-corrected chi connectivity index (χ2v) is 7.14. The van der Waals surface area contributed by atoms with Gasteiger partial charge in [-0.2, -0.15) is 0 Å².